The molecule has 0 bridgehead atoms. The van der Waals surface area contributed by atoms with Crippen molar-refractivity contribution in [2.45, 2.75) is 70.6 Å². The van der Waals surface area contributed by atoms with Gasteiger partial charge in [0.05, 0.1) is 40.2 Å². The van der Waals surface area contributed by atoms with Crippen LogP contribution in [0.1, 0.15) is 44.4 Å². The molecule has 2 heterocycles. The molecule has 0 saturated carbocycles. The Morgan fingerprint density at radius 2 is 1.61 bits per heavy atom. The molecule has 1 amide bonds. The van der Waals surface area contributed by atoms with Crippen molar-refractivity contribution >= 4 is 31.5 Å². The quantitative estimate of drug-likeness (QED) is 0.154. The molecule has 2 aromatic carbocycles. The van der Waals surface area contributed by atoms with Gasteiger partial charge < -0.3 is 19.2 Å². The number of alkyl halides is 3. The van der Waals surface area contributed by atoms with Gasteiger partial charge in [-0.15, -0.1) is 0 Å². The van der Waals surface area contributed by atoms with Crippen LogP contribution in [0.2, 0.25) is 18.1 Å². The van der Waals surface area contributed by atoms with Gasteiger partial charge in [0, 0.05) is 18.1 Å². The lowest BCUT2D eigenvalue weighted by Gasteiger charge is -2.50. The average molecular weight is 590 g/mol. The van der Waals surface area contributed by atoms with E-state index in [2.05, 4.69) is 20.8 Å². The zero-order chi connectivity index (χ0) is 30.3. The highest BCUT2D eigenvalue weighted by Crippen LogP contribution is 2.52. The number of carboxylic acids is 1. The first-order chi connectivity index (χ1) is 19.3. The number of rotatable bonds is 11. The molecule has 1 unspecified atom stereocenters. The third kappa shape index (κ3) is 5.54. The van der Waals surface area contributed by atoms with Crippen LogP contribution in [0.3, 0.4) is 0 Å². The van der Waals surface area contributed by atoms with Crippen LogP contribution in [0.15, 0.2) is 54.2 Å². The molecule has 12 heteroatoms. The number of hydrogen-bond acceptors (Lipinski definition) is 6. The maximum atomic E-state index is 13.5. The number of benzene rings is 2. The Hall–Kier alpha value is -3.51. The van der Waals surface area contributed by atoms with Crippen molar-refractivity contribution in [1.29, 1.82) is 0 Å². The van der Waals surface area contributed by atoms with E-state index in [-0.39, 0.29) is 28.9 Å². The third-order valence-electron chi connectivity index (χ3n) is 8.66. The lowest BCUT2D eigenvalue weighted by molar-refractivity contribution is -0.384. The number of non-ortho nitro benzene ring substituents is 1. The molecule has 0 aliphatic carbocycles. The summed E-state index contributed by atoms with van der Waals surface area (Å²) in [6.45, 7) is 8.01. The maximum Gasteiger partial charge on any atom is 0.416 e. The van der Waals surface area contributed by atoms with Crippen LogP contribution in [-0.4, -0.2) is 42.2 Å². The molecule has 2 aliphatic rings. The number of carbonyl (C=O) groups is 2. The summed E-state index contributed by atoms with van der Waals surface area (Å²) in [4.78, 5) is 37.8. The fourth-order valence-corrected chi connectivity index (χ4v) is 9.21. The Kier molecular flexibility index (Phi) is 8.47. The summed E-state index contributed by atoms with van der Waals surface area (Å²) in [7, 11) is -2.14. The first kappa shape index (κ1) is 30.4. The number of nitro groups is 1. The van der Waals surface area contributed by atoms with Gasteiger partial charge in [-0.2, -0.15) is 13.2 Å². The number of halogens is 3. The van der Waals surface area contributed by atoms with Crippen molar-refractivity contribution in [1.82, 2.24) is 4.90 Å². The zero-order valence-electron chi connectivity index (χ0n) is 23.2. The van der Waals surface area contributed by atoms with Gasteiger partial charge in [-0.25, -0.2) is 0 Å². The van der Waals surface area contributed by atoms with Crippen LogP contribution in [-0.2, 0) is 26.6 Å². The number of hydrogen-bond donors (Lipinski definition) is 0. The summed E-state index contributed by atoms with van der Waals surface area (Å²) in [5.74, 6) is -3.33. The van der Waals surface area contributed by atoms with Gasteiger partial charge in [0.25, 0.3) is 5.69 Å². The zero-order valence-corrected chi connectivity index (χ0v) is 24.2. The summed E-state index contributed by atoms with van der Waals surface area (Å²) in [6.07, 6.45) is -4.90. The topological polar surface area (TPSA) is 113 Å². The molecule has 41 heavy (non-hydrogen) atoms. The molecule has 4 rings (SSSR count). The van der Waals surface area contributed by atoms with Crippen LogP contribution in [0.25, 0.3) is 5.57 Å². The van der Waals surface area contributed by atoms with E-state index in [4.69, 9.17) is 4.43 Å². The number of amides is 1. The van der Waals surface area contributed by atoms with Crippen LogP contribution in [0.5, 0.6) is 0 Å². The molecule has 2 aliphatic heterocycles. The van der Waals surface area contributed by atoms with E-state index in [0.717, 1.165) is 30.3 Å². The van der Waals surface area contributed by atoms with Crippen molar-refractivity contribution in [3.8, 4) is 0 Å². The number of aliphatic carboxylic acids is 1. The van der Waals surface area contributed by atoms with E-state index in [9.17, 15) is 38.0 Å². The molecule has 2 aromatic rings. The second-order valence-electron chi connectivity index (χ2n) is 10.7. The van der Waals surface area contributed by atoms with Crippen LogP contribution < -0.4 is 5.11 Å². The van der Waals surface area contributed by atoms with E-state index < -0.39 is 60.8 Å². The minimum absolute atomic E-state index is 0.116. The maximum absolute atomic E-state index is 13.5. The molecule has 0 spiro atoms. The number of β-lactam (4-membered cyclic amide) rings is 1. The van der Waals surface area contributed by atoms with Crippen LogP contribution >= 0.6 is 0 Å². The SMILES string of the molecule is CC[Si](CC)(CC)O[C@H](C)[C@H]1C(=O)N2C(C(=O)[O-])=C(c3ccc(C(F)(F)F)cc3)C(Cc3ccc([N+](=O)[O-])cc3)[C@H]12. The fourth-order valence-electron chi connectivity index (χ4n) is 6.27. The van der Waals surface area contributed by atoms with E-state index >= 15 is 0 Å². The van der Waals surface area contributed by atoms with E-state index in [1.807, 2.05) is 6.92 Å². The molecule has 1 fully saturated rings. The van der Waals surface area contributed by atoms with E-state index in [1.165, 1.54) is 29.2 Å². The first-order valence-corrected chi connectivity index (χ1v) is 16.2. The van der Waals surface area contributed by atoms with E-state index in [0.29, 0.717) is 5.56 Å². The number of nitrogens with zero attached hydrogens (tertiary/aromatic N) is 2. The molecule has 0 radical (unpaired) electrons. The normalized spacial score (nSPS) is 21.5. The molecule has 0 aromatic heterocycles. The summed E-state index contributed by atoms with van der Waals surface area (Å²) >= 11 is 0. The smallest absolute Gasteiger partial charge is 0.416 e. The summed E-state index contributed by atoms with van der Waals surface area (Å²) in [5, 5.41) is 23.6. The molecule has 0 N–H and O–H groups in total. The summed E-state index contributed by atoms with van der Waals surface area (Å²) in [6, 6.07) is 11.9. The van der Waals surface area contributed by atoms with E-state index in [1.54, 1.807) is 12.1 Å². The van der Waals surface area contributed by atoms with Gasteiger partial charge >= 0.3 is 6.18 Å². The van der Waals surface area contributed by atoms with Crippen molar-refractivity contribution in [3.63, 3.8) is 0 Å². The van der Waals surface area contributed by atoms with Crippen molar-refractivity contribution in [3.05, 3.63) is 81.0 Å². The highest BCUT2D eigenvalue weighted by Gasteiger charge is 2.60. The largest absolute Gasteiger partial charge is 0.543 e. The predicted molar refractivity (Wildman–Crippen MR) is 146 cm³/mol. The summed E-state index contributed by atoms with van der Waals surface area (Å²) < 4.78 is 46.4. The Labute approximate surface area is 237 Å². The summed E-state index contributed by atoms with van der Waals surface area (Å²) in [5.41, 5.74) is -0.278. The monoisotopic (exact) mass is 589 g/mol. The number of carbonyl (C=O) groups excluding carboxylic acids is 2. The number of carboxylic acid groups (broad SMARTS) is 1. The minimum Gasteiger partial charge on any atom is -0.543 e. The Morgan fingerprint density at radius 1 is 1.05 bits per heavy atom. The molecule has 220 valence electrons. The standard InChI is InChI=1S/C29H33F3N2O6Si/c1-5-41(6-2,7-3)40-17(4)23-25-22(16-18-8-14-21(15-9-18)34(38)39)24(26(28(36)37)33(25)27(23)35)19-10-12-20(13-11-19)29(30,31)32/h8-15,17,22-23,25H,5-7,16H2,1-4H3,(H,36,37)/p-1/t17-,22?,23-,25-/m1/s1. The van der Waals surface area contributed by atoms with Gasteiger partial charge in [-0.3, -0.25) is 14.9 Å². The molecule has 1 saturated heterocycles. The lowest BCUT2D eigenvalue weighted by atomic mass is 9.73. The Balaban J connectivity index is 1.79. The highest BCUT2D eigenvalue weighted by atomic mass is 28.4. The number of nitro benzene ring substituents is 1. The lowest BCUT2D eigenvalue weighted by Crippen LogP contribution is -2.66. The molecule has 8 nitrogen and oxygen atoms in total. The van der Waals surface area contributed by atoms with Gasteiger partial charge in [0.2, 0.25) is 5.91 Å². The van der Waals surface area contributed by atoms with Crippen LogP contribution in [0.4, 0.5) is 18.9 Å². The second-order valence-corrected chi connectivity index (χ2v) is 15.4. The Bertz CT molecular complexity index is 1350. The van der Waals surface area contributed by atoms with Crippen LogP contribution in [0, 0.1) is 22.0 Å². The molecular weight excluding hydrogens is 557 g/mol. The molecular formula is C29H32F3N2O6Si-. The van der Waals surface area contributed by atoms with Gasteiger partial charge in [0.15, 0.2) is 8.32 Å². The van der Waals surface area contributed by atoms with Gasteiger partial charge in [0.1, 0.15) is 0 Å². The van der Waals surface area contributed by atoms with Crippen molar-refractivity contribution < 1.29 is 37.2 Å². The second kappa shape index (κ2) is 11.4. The van der Waals surface area contributed by atoms with Gasteiger partial charge in [-0.05, 0) is 60.3 Å². The highest BCUT2D eigenvalue weighted by molar-refractivity contribution is 6.73. The average Bonchev–Trinajstić information content (AvgIpc) is 3.22. The minimum atomic E-state index is -4.58. The molecule has 4 atom stereocenters. The van der Waals surface area contributed by atoms with Crippen molar-refractivity contribution in [2.75, 3.05) is 0 Å². The van der Waals surface area contributed by atoms with Crippen molar-refractivity contribution in [2.24, 2.45) is 11.8 Å². The first-order valence-electron chi connectivity index (χ1n) is 13.7. The fraction of sp³-hybridized carbons (Fsp3) is 0.448. The predicted octanol–water partition coefficient (Wildman–Crippen LogP) is 5.18. The third-order valence-corrected chi connectivity index (χ3v) is 13.4. The number of fused-ring (bicyclic) bond motifs is 1. The Morgan fingerprint density at radius 3 is 2.07 bits per heavy atom. The van der Waals surface area contributed by atoms with Gasteiger partial charge in [-0.1, -0.05) is 45.0 Å².